The van der Waals surface area contributed by atoms with Gasteiger partial charge in [-0.3, -0.25) is 20.0 Å². The molecule has 0 radical (unpaired) electrons. The number of hydrogen-bond donors (Lipinski definition) is 4. The summed E-state index contributed by atoms with van der Waals surface area (Å²) in [7, 11) is 0. The molecule has 12 heteroatoms. The van der Waals surface area contributed by atoms with E-state index < -0.39 is 40.9 Å². The van der Waals surface area contributed by atoms with Crippen molar-refractivity contribution in [3.63, 3.8) is 0 Å². The molecule has 0 bridgehead atoms. The predicted molar refractivity (Wildman–Crippen MR) is 152 cm³/mol. The van der Waals surface area contributed by atoms with Crippen LogP contribution in [0, 0.1) is 17.2 Å². The first kappa shape index (κ1) is 29.8. The number of amides is 2. The molecule has 43 heavy (non-hydrogen) atoms. The molecule has 2 amide bonds. The van der Waals surface area contributed by atoms with Gasteiger partial charge in [0.15, 0.2) is 5.54 Å². The highest BCUT2D eigenvalue weighted by Gasteiger charge is 2.65. The molecule has 1 aliphatic heterocycles. The lowest BCUT2D eigenvalue weighted by Gasteiger charge is -2.49. The number of nitrogens with zero attached hydrogens (tertiary/aromatic N) is 2. The molecule has 1 heterocycles. The van der Waals surface area contributed by atoms with Gasteiger partial charge in [-0.25, -0.2) is 4.39 Å². The number of nitrogens with one attached hydrogen (secondary N) is 1. The van der Waals surface area contributed by atoms with E-state index in [2.05, 4.69) is 11.5 Å². The number of primary amides is 2. The highest BCUT2D eigenvalue weighted by Crippen LogP contribution is 2.49. The summed E-state index contributed by atoms with van der Waals surface area (Å²) in [6.45, 7) is 0. The highest BCUT2D eigenvalue weighted by molar-refractivity contribution is 5.97. The summed E-state index contributed by atoms with van der Waals surface area (Å²) in [6.07, 6.45) is 0.125. The van der Waals surface area contributed by atoms with Gasteiger partial charge < -0.3 is 17.2 Å². The van der Waals surface area contributed by atoms with Crippen LogP contribution in [0.25, 0.3) is 0 Å². The Morgan fingerprint density at radius 1 is 1.14 bits per heavy atom. The number of nitrogens with two attached hydrogens (primary N) is 3. The van der Waals surface area contributed by atoms with Gasteiger partial charge in [-0.05, 0) is 85.1 Å². The number of carbonyl (C=O) groups is 2. The molecule has 4 atom stereocenters. The van der Waals surface area contributed by atoms with Crippen molar-refractivity contribution in [1.82, 2.24) is 5.43 Å². The summed E-state index contributed by atoms with van der Waals surface area (Å²) in [5, 5.41) is 10.1. The van der Waals surface area contributed by atoms with Gasteiger partial charge in [0.05, 0.1) is 17.3 Å². The monoisotopic (exact) mass is 594 g/mol. The smallest absolute Gasteiger partial charge is 0.367 e. The molecular formula is C31H30F4N6O2. The molecule has 2 aromatic rings. The lowest BCUT2D eigenvalue weighted by molar-refractivity contribution is -0.123. The van der Waals surface area contributed by atoms with Crippen LogP contribution in [0.3, 0.4) is 0 Å². The second kappa shape index (κ2) is 10.9. The van der Waals surface area contributed by atoms with Gasteiger partial charge >= 0.3 is 6.18 Å². The van der Waals surface area contributed by atoms with Gasteiger partial charge in [0.2, 0.25) is 5.91 Å². The van der Waals surface area contributed by atoms with Crippen LogP contribution in [-0.4, -0.2) is 35.2 Å². The third kappa shape index (κ3) is 5.25. The molecule has 224 valence electrons. The van der Waals surface area contributed by atoms with E-state index in [1.807, 2.05) is 12.1 Å². The van der Waals surface area contributed by atoms with E-state index in [1.165, 1.54) is 30.4 Å². The van der Waals surface area contributed by atoms with Gasteiger partial charge in [0.1, 0.15) is 17.4 Å². The van der Waals surface area contributed by atoms with Crippen LogP contribution >= 0.6 is 0 Å². The maximum atomic E-state index is 16.7. The second-order valence-electron chi connectivity index (χ2n) is 11.2. The number of anilines is 1. The SMILES string of the molecule is N#Cc1cccc(C(CCC2=CC=CC(N)(C3(C(N)=O)C=C(C(F)(F)F)NN3c3cccc(C(N)=O)c3)C2F)C2CC2)c1. The first-order chi connectivity index (χ1) is 20.3. The zero-order valence-electron chi connectivity index (χ0n) is 22.9. The highest BCUT2D eigenvalue weighted by atomic mass is 19.4. The molecule has 0 spiro atoms. The Kier molecular flexibility index (Phi) is 7.56. The van der Waals surface area contributed by atoms with Gasteiger partial charge in [-0.2, -0.15) is 18.4 Å². The normalized spacial score (nSPS) is 25.8. The van der Waals surface area contributed by atoms with Crippen molar-refractivity contribution < 1.29 is 27.2 Å². The van der Waals surface area contributed by atoms with Crippen molar-refractivity contribution in [2.45, 2.75) is 55.0 Å². The van der Waals surface area contributed by atoms with E-state index in [9.17, 15) is 28.0 Å². The van der Waals surface area contributed by atoms with Crippen LogP contribution in [0.1, 0.15) is 53.1 Å². The van der Waals surface area contributed by atoms with Gasteiger partial charge in [-0.15, -0.1) is 0 Å². The third-order valence-corrected chi connectivity index (χ3v) is 8.47. The van der Waals surface area contributed by atoms with E-state index >= 15 is 4.39 Å². The zero-order valence-corrected chi connectivity index (χ0v) is 22.9. The lowest BCUT2D eigenvalue weighted by atomic mass is 9.68. The number of rotatable bonds is 9. The number of carbonyl (C=O) groups excluding carboxylic acids is 2. The lowest BCUT2D eigenvalue weighted by Crippen LogP contribution is -2.76. The van der Waals surface area contributed by atoms with Crippen LogP contribution in [-0.2, 0) is 4.79 Å². The fourth-order valence-corrected chi connectivity index (χ4v) is 6.11. The molecule has 3 aliphatic rings. The van der Waals surface area contributed by atoms with E-state index in [-0.39, 0.29) is 29.2 Å². The molecule has 2 aromatic carbocycles. The standard InChI is InChI=1S/C31H30F4N6O2/c32-26-20(11-12-24(19-9-10-19)21-5-1-4-18(14-21)17-36)7-3-13-29(26,39)30(28(38)43)16-25(31(33,34)35)40-41(30)23-8-2-6-22(15-23)27(37)42/h1-8,13-16,19,24,26,40H,9-12,39H2,(H2,37,42)(H2,38,43). The summed E-state index contributed by atoms with van der Waals surface area (Å²) in [4.78, 5) is 25.1. The molecule has 0 aromatic heterocycles. The molecule has 1 saturated carbocycles. The number of allylic oxidation sites excluding steroid dienone is 3. The Morgan fingerprint density at radius 3 is 2.49 bits per heavy atom. The largest absolute Gasteiger partial charge is 0.432 e. The summed E-state index contributed by atoms with van der Waals surface area (Å²) < 4.78 is 58.9. The molecule has 8 nitrogen and oxygen atoms in total. The van der Waals surface area contributed by atoms with Crippen LogP contribution < -0.4 is 27.6 Å². The maximum Gasteiger partial charge on any atom is 0.432 e. The van der Waals surface area contributed by atoms with Crippen molar-refractivity contribution in [2.24, 2.45) is 23.1 Å². The quantitative estimate of drug-likeness (QED) is 0.320. The molecule has 1 fully saturated rings. The van der Waals surface area contributed by atoms with Crippen molar-refractivity contribution in [3.05, 3.63) is 101 Å². The Labute approximate surface area is 245 Å². The van der Waals surface area contributed by atoms with E-state index in [0.717, 1.165) is 35.6 Å². The van der Waals surface area contributed by atoms with Crippen molar-refractivity contribution in [1.29, 1.82) is 5.26 Å². The minimum Gasteiger partial charge on any atom is -0.367 e. The number of benzene rings is 2. The van der Waals surface area contributed by atoms with Crippen LogP contribution in [0.2, 0.25) is 0 Å². The fourth-order valence-electron chi connectivity index (χ4n) is 6.11. The molecule has 4 unspecified atom stereocenters. The molecule has 5 rings (SSSR count). The van der Waals surface area contributed by atoms with E-state index in [4.69, 9.17) is 17.2 Å². The number of hydrazine groups is 1. The minimum absolute atomic E-state index is 0.0301. The average Bonchev–Trinajstić information content (AvgIpc) is 3.71. The number of nitriles is 1. The first-order valence-corrected chi connectivity index (χ1v) is 13.7. The van der Waals surface area contributed by atoms with Gasteiger partial charge in [0.25, 0.3) is 5.91 Å². The van der Waals surface area contributed by atoms with Crippen LogP contribution in [0.5, 0.6) is 0 Å². The topological polar surface area (TPSA) is 151 Å². The Bertz CT molecular complexity index is 1590. The second-order valence-corrected chi connectivity index (χ2v) is 11.2. The van der Waals surface area contributed by atoms with E-state index in [1.54, 1.807) is 12.1 Å². The Balaban J connectivity index is 1.52. The number of halogens is 4. The summed E-state index contributed by atoms with van der Waals surface area (Å²) in [5.41, 5.74) is 15.1. The summed E-state index contributed by atoms with van der Waals surface area (Å²) in [6, 6.07) is 14.5. The van der Waals surface area contributed by atoms with Crippen molar-refractivity contribution in [2.75, 3.05) is 5.01 Å². The molecular weight excluding hydrogens is 564 g/mol. The molecule has 2 aliphatic carbocycles. The van der Waals surface area contributed by atoms with Crippen LogP contribution in [0.15, 0.2) is 84.1 Å². The number of alkyl halides is 4. The molecule has 7 N–H and O–H groups in total. The number of hydrogen-bond acceptors (Lipinski definition) is 6. The summed E-state index contributed by atoms with van der Waals surface area (Å²) in [5.74, 6) is -1.82. The third-order valence-electron chi connectivity index (χ3n) is 8.47. The molecule has 0 saturated heterocycles. The van der Waals surface area contributed by atoms with Gasteiger partial charge in [-0.1, -0.05) is 36.4 Å². The Hall–Kier alpha value is -4.63. The van der Waals surface area contributed by atoms with E-state index in [0.29, 0.717) is 24.0 Å². The summed E-state index contributed by atoms with van der Waals surface area (Å²) >= 11 is 0. The zero-order chi connectivity index (χ0) is 31.2. The van der Waals surface area contributed by atoms with Crippen LogP contribution in [0.4, 0.5) is 23.2 Å². The first-order valence-electron chi connectivity index (χ1n) is 13.7. The Morgan fingerprint density at radius 2 is 1.86 bits per heavy atom. The average molecular weight is 595 g/mol. The minimum atomic E-state index is -4.98. The predicted octanol–water partition coefficient (Wildman–Crippen LogP) is 4.16. The maximum absolute atomic E-state index is 16.7. The van der Waals surface area contributed by atoms with Gasteiger partial charge in [0, 0.05) is 5.56 Å². The van der Waals surface area contributed by atoms with Crippen molar-refractivity contribution >= 4 is 17.5 Å². The van der Waals surface area contributed by atoms with Crippen molar-refractivity contribution in [3.8, 4) is 6.07 Å². The fraction of sp³-hybridized carbons (Fsp3) is 0.323.